The molecule has 5 nitrogen and oxygen atoms in total. The highest BCUT2D eigenvalue weighted by molar-refractivity contribution is 5.74. The standard InChI is InChI=1S/C12H19N3O2/c1-8-4-5-15(11(8)12(16)17)9(2)10-6-13-14(3)7-10/h6-9,11H,4-5H2,1-3H3,(H,16,17). The van der Waals surface area contributed by atoms with Crippen LogP contribution in [0.1, 0.15) is 31.9 Å². The summed E-state index contributed by atoms with van der Waals surface area (Å²) in [5.74, 6) is -0.502. The van der Waals surface area contributed by atoms with E-state index in [0.29, 0.717) is 0 Å². The molecule has 1 aliphatic rings. The Hall–Kier alpha value is -1.36. The van der Waals surface area contributed by atoms with E-state index in [4.69, 9.17) is 0 Å². The van der Waals surface area contributed by atoms with Crippen molar-refractivity contribution in [3.05, 3.63) is 18.0 Å². The summed E-state index contributed by atoms with van der Waals surface area (Å²) in [5.41, 5.74) is 1.08. The third kappa shape index (κ3) is 2.20. The maximum Gasteiger partial charge on any atom is 0.321 e. The lowest BCUT2D eigenvalue weighted by Gasteiger charge is -2.28. The number of hydrogen-bond donors (Lipinski definition) is 1. The molecule has 94 valence electrons. The van der Waals surface area contributed by atoms with Gasteiger partial charge in [0.25, 0.3) is 0 Å². The van der Waals surface area contributed by atoms with E-state index in [1.54, 1.807) is 4.68 Å². The van der Waals surface area contributed by atoms with Crippen LogP contribution in [0.25, 0.3) is 0 Å². The van der Waals surface area contributed by atoms with Crippen LogP contribution in [-0.2, 0) is 11.8 Å². The van der Waals surface area contributed by atoms with Gasteiger partial charge in [0, 0.05) is 24.8 Å². The first-order valence-electron chi connectivity index (χ1n) is 5.97. The van der Waals surface area contributed by atoms with E-state index in [1.807, 2.05) is 33.3 Å². The summed E-state index contributed by atoms with van der Waals surface area (Å²) in [6.07, 6.45) is 4.71. The molecule has 1 fully saturated rings. The summed E-state index contributed by atoms with van der Waals surface area (Å²) in [5, 5.41) is 13.4. The molecule has 2 rings (SSSR count). The summed E-state index contributed by atoms with van der Waals surface area (Å²) < 4.78 is 1.75. The number of carbonyl (C=O) groups is 1. The fourth-order valence-electron chi connectivity index (χ4n) is 2.64. The SMILES string of the molecule is CC1CCN(C(C)c2cnn(C)c2)C1C(=O)O. The maximum atomic E-state index is 11.3. The fourth-order valence-corrected chi connectivity index (χ4v) is 2.64. The average Bonchev–Trinajstić information content (AvgIpc) is 2.83. The lowest BCUT2D eigenvalue weighted by Crippen LogP contribution is -2.40. The van der Waals surface area contributed by atoms with Crippen LogP contribution in [0.4, 0.5) is 0 Å². The molecule has 1 saturated heterocycles. The number of carboxylic acids is 1. The van der Waals surface area contributed by atoms with E-state index >= 15 is 0 Å². The molecule has 0 radical (unpaired) electrons. The number of aryl methyl sites for hydroxylation is 1. The van der Waals surface area contributed by atoms with E-state index < -0.39 is 5.97 Å². The fraction of sp³-hybridized carbons (Fsp3) is 0.667. The van der Waals surface area contributed by atoms with Crippen molar-refractivity contribution in [3.63, 3.8) is 0 Å². The maximum absolute atomic E-state index is 11.3. The molecule has 3 atom stereocenters. The van der Waals surface area contributed by atoms with Crippen LogP contribution in [0.3, 0.4) is 0 Å². The summed E-state index contributed by atoms with van der Waals surface area (Å²) in [4.78, 5) is 13.4. The smallest absolute Gasteiger partial charge is 0.321 e. The number of rotatable bonds is 3. The molecule has 1 aromatic rings. The molecule has 0 spiro atoms. The number of carboxylic acid groups (broad SMARTS) is 1. The molecule has 0 saturated carbocycles. The van der Waals surface area contributed by atoms with E-state index in [-0.39, 0.29) is 18.0 Å². The van der Waals surface area contributed by atoms with Crippen molar-refractivity contribution in [3.8, 4) is 0 Å². The molecular formula is C12H19N3O2. The molecule has 5 heteroatoms. The van der Waals surface area contributed by atoms with E-state index in [1.165, 1.54) is 0 Å². The first-order valence-corrected chi connectivity index (χ1v) is 5.97. The molecule has 0 aromatic carbocycles. The zero-order valence-corrected chi connectivity index (χ0v) is 10.5. The number of nitrogens with zero attached hydrogens (tertiary/aromatic N) is 3. The van der Waals surface area contributed by atoms with Crippen LogP contribution >= 0.6 is 0 Å². The molecule has 0 bridgehead atoms. The summed E-state index contributed by atoms with van der Waals surface area (Å²) >= 11 is 0. The van der Waals surface area contributed by atoms with Gasteiger partial charge in [-0.15, -0.1) is 0 Å². The number of likely N-dealkylation sites (tertiary alicyclic amines) is 1. The van der Waals surface area contributed by atoms with Gasteiger partial charge in [-0.3, -0.25) is 14.4 Å². The molecule has 1 aromatic heterocycles. The molecule has 1 N–H and O–H groups in total. The lowest BCUT2D eigenvalue weighted by atomic mass is 10.0. The van der Waals surface area contributed by atoms with Gasteiger partial charge in [-0.1, -0.05) is 6.92 Å². The van der Waals surface area contributed by atoms with Crippen molar-refractivity contribution in [1.82, 2.24) is 14.7 Å². The molecule has 0 aliphatic carbocycles. The van der Waals surface area contributed by atoms with Gasteiger partial charge in [-0.05, 0) is 25.8 Å². The van der Waals surface area contributed by atoms with Crippen LogP contribution in [0.5, 0.6) is 0 Å². The molecular weight excluding hydrogens is 218 g/mol. The van der Waals surface area contributed by atoms with Gasteiger partial charge in [-0.25, -0.2) is 0 Å². The minimum atomic E-state index is -0.717. The van der Waals surface area contributed by atoms with Gasteiger partial charge < -0.3 is 5.11 Å². The van der Waals surface area contributed by atoms with Crippen molar-refractivity contribution in [2.24, 2.45) is 13.0 Å². The Kier molecular flexibility index (Phi) is 3.19. The Labute approximate surface area is 101 Å². The Morgan fingerprint density at radius 3 is 2.88 bits per heavy atom. The van der Waals surface area contributed by atoms with E-state index in [2.05, 4.69) is 10.00 Å². The van der Waals surface area contributed by atoms with Gasteiger partial charge in [0.05, 0.1) is 6.20 Å². The molecule has 0 amide bonds. The van der Waals surface area contributed by atoms with Crippen molar-refractivity contribution >= 4 is 5.97 Å². The summed E-state index contributed by atoms with van der Waals surface area (Å²) in [7, 11) is 1.87. The minimum absolute atomic E-state index is 0.106. The van der Waals surface area contributed by atoms with Crippen LogP contribution < -0.4 is 0 Å². The van der Waals surface area contributed by atoms with Crippen molar-refractivity contribution < 1.29 is 9.90 Å². The average molecular weight is 237 g/mol. The first-order chi connectivity index (χ1) is 8.00. The second-order valence-electron chi connectivity index (χ2n) is 4.91. The summed E-state index contributed by atoms with van der Waals surface area (Å²) in [6, 6.07) is -0.264. The topological polar surface area (TPSA) is 58.4 Å². The third-order valence-corrected chi connectivity index (χ3v) is 3.70. The summed E-state index contributed by atoms with van der Waals surface area (Å²) in [6.45, 7) is 4.90. The number of aromatic nitrogens is 2. The highest BCUT2D eigenvalue weighted by atomic mass is 16.4. The highest BCUT2D eigenvalue weighted by Crippen LogP contribution is 2.32. The normalized spacial score (nSPS) is 27.2. The van der Waals surface area contributed by atoms with Gasteiger partial charge in [-0.2, -0.15) is 5.10 Å². The van der Waals surface area contributed by atoms with Crippen LogP contribution in [0.2, 0.25) is 0 Å². The Morgan fingerprint density at radius 2 is 2.35 bits per heavy atom. The lowest BCUT2D eigenvalue weighted by molar-refractivity contribution is -0.144. The Morgan fingerprint density at radius 1 is 1.65 bits per heavy atom. The first kappa shape index (κ1) is 12.1. The monoisotopic (exact) mass is 237 g/mol. The van der Waals surface area contributed by atoms with Gasteiger partial charge in [0.2, 0.25) is 0 Å². The second-order valence-corrected chi connectivity index (χ2v) is 4.91. The van der Waals surface area contributed by atoms with Crippen molar-refractivity contribution in [2.75, 3.05) is 6.54 Å². The second kappa shape index (κ2) is 4.49. The van der Waals surface area contributed by atoms with Crippen LogP contribution in [0, 0.1) is 5.92 Å². The Bertz CT molecular complexity index is 416. The minimum Gasteiger partial charge on any atom is -0.480 e. The van der Waals surface area contributed by atoms with Gasteiger partial charge in [0.1, 0.15) is 6.04 Å². The predicted molar refractivity (Wildman–Crippen MR) is 63.5 cm³/mol. The van der Waals surface area contributed by atoms with Gasteiger partial charge in [0.15, 0.2) is 0 Å². The molecule has 1 aliphatic heterocycles. The largest absolute Gasteiger partial charge is 0.480 e. The van der Waals surface area contributed by atoms with Gasteiger partial charge >= 0.3 is 5.97 Å². The van der Waals surface area contributed by atoms with E-state index in [0.717, 1.165) is 18.5 Å². The zero-order valence-electron chi connectivity index (χ0n) is 10.5. The predicted octanol–water partition coefficient (Wildman–Crippen LogP) is 1.28. The highest BCUT2D eigenvalue weighted by Gasteiger charge is 2.39. The number of aliphatic carboxylic acids is 1. The zero-order chi connectivity index (χ0) is 12.6. The molecule has 2 heterocycles. The third-order valence-electron chi connectivity index (χ3n) is 3.70. The number of hydrogen-bond acceptors (Lipinski definition) is 3. The molecule has 17 heavy (non-hydrogen) atoms. The molecule has 3 unspecified atom stereocenters. The van der Waals surface area contributed by atoms with Crippen LogP contribution in [0.15, 0.2) is 12.4 Å². The van der Waals surface area contributed by atoms with Crippen LogP contribution in [-0.4, -0.2) is 38.3 Å². The van der Waals surface area contributed by atoms with Crippen molar-refractivity contribution in [2.45, 2.75) is 32.4 Å². The van der Waals surface area contributed by atoms with Crippen molar-refractivity contribution in [1.29, 1.82) is 0 Å². The quantitative estimate of drug-likeness (QED) is 0.860. The van der Waals surface area contributed by atoms with E-state index in [9.17, 15) is 9.90 Å². The Balaban J connectivity index is 2.19.